The lowest BCUT2D eigenvalue weighted by Gasteiger charge is -2.09. The summed E-state index contributed by atoms with van der Waals surface area (Å²) in [5, 5.41) is 2.63. The second-order valence-corrected chi connectivity index (χ2v) is 5.12. The number of carbonyl (C=O) groups is 2. The number of benzene rings is 2. The molecule has 1 amide bonds. The highest BCUT2D eigenvalue weighted by molar-refractivity contribution is 5.94. The molecule has 0 aromatic heterocycles. The second-order valence-electron chi connectivity index (χ2n) is 5.12. The third kappa shape index (κ3) is 4.81. The Morgan fingerprint density at radius 1 is 1.17 bits per heavy atom. The van der Waals surface area contributed by atoms with Gasteiger partial charge in [0.1, 0.15) is 5.75 Å². The van der Waals surface area contributed by atoms with Crippen LogP contribution in [0.2, 0.25) is 0 Å². The van der Waals surface area contributed by atoms with Crippen LogP contribution in [0.4, 0.5) is 4.39 Å². The summed E-state index contributed by atoms with van der Waals surface area (Å²) in [5.41, 5.74) is 1.13. The predicted octanol–water partition coefficient (Wildman–Crippen LogP) is 2.73. The van der Waals surface area contributed by atoms with Crippen LogP contribution in [0.5, 0.6) is 11.5 Å². The van der Waals surface area contributed by atoms with Gasteiger partial charge in [-0.1, -0.05) is 18.2 Å². The van der Waals surface area contributed by atoms with Gasteiger partial charge in [0.25, 0.3) is 5.91 Å². The Kier molecular flexibility index (Phi) is 5.89. The van der Waals surface area contributed by atoms with Gasteiger partial charge in [0.2, 0.25) is 0 Å². The SMILES string of the molecule is COc1ccc(CNC(=O)COc2cccc(C(C)=O)c2)cc1F. The van der Waals surface area contributed by atoms with Gasteiger partial charge < -0.3 is 14.8 Å². The number of amides is 1. The van der Waals surface area contributed by atoms with E-state index in [0.29, 0.717) is 16.9 Å². The number of hydrogen-bond acceptors (Lipinski definition) is 4. The van der Waals surface area contributed by atoms with Crippen molar-refractivity contribution < 1.29 is 23.5 Å². The number of ketones is 1. The molecule has 0 bridgehead atoms. The maximum atomic E-state index is 13.6. The zero-order chi connectivity index (χ0) is 17.5. The molecule has 2 aromatic rings. The van der Waals surface area contributed by atoms with Gasteiger partial charge in [-0.15, -0.1) is 0 Å². The monoisotopic (exact) mass is 331 g/mol. The Morgan fingerprint density at radius 3 is 2.62 bits per heavy atom. The first-order valence-electron chi connectivity index (χ1n) is 7.32. The molecule has 0 saturated carbocycles. The Morgan fingerprint density at radius 2 is 1.96 bits per heavy atom. The predicted molar refractivity (Wildman–Crippen MR) is 86.7 cm³/mol. The van der Waals surface area contributed by atoms with Crippen molar-refractivity contribution >= 4 is 11.7 Å². The third-order valence-corrected chi connectivity index (χ3v) is 3.32. The quantitative estimate of drug-likeness (QED) is 0.792. The van der Waals surface area contributed by atoms with Crippen LogP contribution in [0.15, 0.2) is 42.5 Å². The normalized spacial score (nSPS) is 10.1. The first-order valence-corrected chi connectivity index (χ1v) is 7.32. The van der Waals surface area contributed by atoms with E-state index < -0.39 is 5.82 Å². The number of ether oxygens (including phenoxy) is 2. The van der Waals surface area contributed by atoms with E-state index in [-0.39, 0.29) is 30.6 Å². The third-order valence-electron chi connectivity index (χ3n) is 3.32. The van der Waals surface area contributed by atoms with Gasteiger partial charge in [0.15, 0.2) is 24.0 Å². The fraction of sp³-hybridized carbons (Fsp3) is 0.222. The zero-order valence-corrected chi connectivity index (χ0v) is 13.5. The number of Topliss-reactive ketones (excluding diaryl/α,β-unsaturated/α-hetero) is 1. The first kappa shape index (κ1) is 17.5. The lowest BCUT2D eigenvalue weighted by atomic mass is 10.1. The molecule has 1 N–H and O–H groups in total. The lowest BCUT2D eigenvalue weighted by Crippen LogP contribution is -2.28. The minimum atomic E-state index is -0.485. The highest BCUT2D eigenvalue weighted by atomic mass is 19.1. The van der Waals surface area contributed by atoms with Crippen LogP contribution in [0.1, 0.15) is 22.8 Å². The molecular weight excluding hydrogens is 313 g/mol. The van der Waals surface area contributed by atoms with Crippen LogP contribution in [0.25, 0.3) is 0 Å². The molecular formula is C18H18FNO4. The Bertz CT molecular complexity index is 746. The van der Waals surface area contributed by atoms with Crippen LogP contribution in [0, 0.1) is 5.82 Å². The molecule has 126 valence electrons. The maximum Gasteiger partial charge on any atom is 0.258 e. The molecule has 0 aliphatic carbocycles. The molecule has 0 saturated heterocycles. The molecule has 0 fully saturated rings. The lowest BCUT2D eigenvalue weighted by molar-refractivity contribution is -0.123. The van der Waals surface area contributed by atoms with Crippen molar-refractivity contribution in [3.63, 3.8) is 0 Å². The average Bonchev–Trinajstić information content (AvgIpc) is 2.58. The fourth-order valence-electron chi connectivity index (χ4n) is 2.03. The molecule has 0 aliphatic rings. The second kappa shape index (κ2) is 8.10. The molecule has 24 heavy (non-hydrogen) atoms. The zero-order valence-electron chi connectivity index (χ0n) is 13.5. The molecule has 0 aliphatic heterocycles. The number of methoxy groups -OCH3 is 1. The maximum absolute atomic E-state index is 13.6. The van der Waals surface area contributed by atoms with Gasteiger partial charge in [-0.2, -0.15) is 0 Å². The van der Waals surface area contributed by atoms with Gasteiger partial charge in [0.05, 0.1) is 7.11 Å². The van der Waals surface area contributed by atoms with Crippen LogP contribution in [0.3, 0.4) is 0 Å². The van der Waals surface area contributed by atoms with Crippen molar-refractivity contribution in [1.29, 1.82) is 0 Å². The molecule has 0 atom stereocenters. The summed E-state index contributed by atoms with van der Waals surface area (Å²) in [6, 6.07) is 11.1. The van der Waals surface area contributed by atoms with Gasteiger partial charge in [-0.3, -0.25) is 9.59 Å². The van der Waals surface area contributed by atoms with Gasteiger partial charge in [-0.05, 0) is 36.8 Å². The molecule has 0 radical (unpaired) electrons. The van der Waals surface area contributed by atoms with Gasteiger partial charge in [0, 0.05) is 12.1 Å². The van der Waals surface area contributed by atoms with Crippen LogP contribution >= 0.6 is 0 Å². The number of halogens is 1. The van der Waals surface area contributed by atoms with E-state index in [1.807, 2.05) is 0 Å². The molecule has 2 rings (SSSR count). The molecule has 0 unspecified atom stereocenters. The van der Waals surface area contributed by atoms with Crippen molar-refractivity contribution in [2.45, 2.75) is 13.5 Å². The van der Waals surface area contributed by atoms with E-state index in [9.17, 15) is 14.0 Å². The van der Waals surface area contributed by atoms with E-state index in [4.69, 9.17) is 9.47 Å². The van der Waals surface area contributed by atoms with Crippen molar-refractivity contribution in [3.8, 4) is 11.5 Å². The average molecular weight is 331 g/mol. The Labute approximate surface area is 139 Å². The van der Waals surface area contributed by atoms with Crippen LogP contribution < -0.4 is 14.8 Å². The number of carbonyl (C=O) groups excluding carboxylic acids is 2. The Hall–Kier alpha value is -2.89. The molecule has 5 nitrogen and oxygen atoms in total. The summed E-state index contributed by atoms with van der Waals surface area (Å²) in [4.78, 5) is 23.1. The first-order chi connectivity index (χ1) is 11.5. The molecule has 2 aromatic carbocycles. The standard InChI is InChI=1S/C18H18FNO4/c1-12(21)14-4-3-5-15(9-14)24-11-18(22)20-10-13-6-7-17(23-2)16(19)8-13/h3-9H,10-11H2,1-2H3,(H,20,22). The van der Waals surface area contributed by atoms with Crippen molar-refractivity contribution in [1.82, 2.24) is 5.32 Å². The summed E-state index contributed by atoms with van der Waals surface area (Å²) in [7, 11) is 1.39. The summed E-state index contributed by atoms with van der Waals surface area (Å²) < 4.78 is 23.7. The number of nitrogens with one attached hydrogen (secondary N) is 1. The molecule has 0 heterocycles. The van der Waals surface area contributed by atoms with Crippen LogP contribution in [-0.2, 0) is 11.3 Å². The minimum Gasteiger partial charge on any atom is -0.494 e. The highest BCUT2D eigenvalue weighted by Crippen LogP contribution is 2.17. The minimum absolute atomic E-state index is 0.0774. The van der Waals surface area contributed by atoms with E-state index >= 15 is 0 Å². The van der Waals surface area contributed by atoms with Crippen molar-refractivity contribution in [3.05, 3.63) is 59.4 Å². The van der Waals surface area contributed by atoms with Crippen LogP contribution in [-0.4, -0.2) is 25.4 Å². The summed E-state index contributed by atoms with van der Waals surface area (Å²) in [5.74, 6) is -0.320. The summed E-state index contributed by atoms with van der Waals surface area (Å²) >= 11 is 0. The van der Waals surface area contributed by atoms with Gasteiger partial charge in [-0.25, -0.2) is 4.39 Å². The van der Waals surface area contributed by atoms with E-state index in [0.717, 1.165) is 0 Å². The summed E-state index contributed by atoms with van der Waals surface area (Å²) in [6.07, 6.45) is 0. The summed E-state index contributed by atoms with van der Waals surface area (Å²) in [6.45, 7) is 1.44. The highest BCUT2D eigenvalue weighted by Gasteiger charge is 2.07. The van der Waals surface area contributed by atoms with E-state index in [1.54, 1.807) is 30.3 Å². The topological polar surface area (TPSA) is 64.6 Å². The van der Waals surface area contributed by atoms with Crippen molar-refractivity contribution in [2.75, 3.05) is 13.7 Å². The van der Waals surface area contributed by atoms with Gasteiger partial charge >= 0.3 is 0 Å². The molecule has 6 heteroatoms. The smallest absolute Gasteiger partial charge is 0.258 e. The largest absolute Gasteiger partial charge is 0.494 e. The molecule has 0 spiro atoms. The fourth-order valence-corrected chi connectivity index (χ4v) is 2.03. The van der Waals surface area contributed by atoms with E-state index in [1.165, 1.54) is 26.2 Å². The van der Waals surface area contributed by atoms with E-state index in [2.05, 4.69) is 5.32 Å². The van der Waals surface area contributed by atoms with Crippen molar-refractivity contribution in [2.24, 2.45) is 0 Å². The number of hydrogen-bond donors (Lipinski definition) is 1. The Balaban J connectivity index is 1.84. The number of rotatable bonds is 7.